The molecule has 3 aromatic rings. The number of amides is 2. The molecule has 7 N–H and O–H groups in total. The van der Waals surface area contributed by atoms with E-state index in [2.05, 4.69) is 26.3 Å². The van der Waals surface area contributed by atoms with Crippen molar-refractivity contribution in [3.8, 4) is 0 Å². The number of ether oxygens (including phenoxy) is 1. The summed E-state index contributed by atoms with van der Waals surface area (Å²) in [6, 6.07) is 15.6. The van der Waals surface area contributed by atoms with Crippen molar-refractivity contribution in [3.63, 3.8) is 0 Å². The first-order valence-electron chi connectivity index (χ1n) is 15.2. The summed E-state index contributed by atoms with van der Waals surface area (Å²) in [7, 11) is 0. The number of aromatic nitrogens is 1. The van der Waals surface area contributed by atoms with Crippen LogP contribution < -0.4 is 27.0 Å². The van der Waals surface area contributed by atoms with E-state index in [4.69, 9.17) is 15.9 Å². The van der Waals surface area contributed by atoms with Crippen LogP contribution in [0.15, 0.2) is 54.6 Å². The molecule has 44 heavy (non-hydrogen) atoms. The van der Waals surface area contributed by atoms with E-state index in [-0.39, 0.29) is 17.7 Å². The van der Waals surface area contributed by atoms with E-state index in [0.717, 1.165) is 23.4 Å². The number of hydrogen-bond acceptors (Lipinski definition) is 8. The molecule has 0 saturated carbocycles. The summed E-state index contributed by atoms with van der Waals surface area (Å²) in [4.78, 5) is 45.2. The Morgan fingerprint density at radius 3 is 2.43 bits per heavy atom. The second kappa shape index (κ2) is 15.6. The third-order valence-electron chi connectivity index (χ3n) is 7.63. The number of nitrogens with zero attached hydrogens (tertiary/aromatic N) is 1. The minimum Gasteiger partial charge on any atom is -0.442 e. The van der Waals surface area contributed by atoms with Crippen LogP contribution in [0.1, 0.15) is 61.3 Å². The maximum atomic E-state index is 13.7. The van der Waals surface area contributed by atoms with Crippen LogP contribution in [-0.4, -0.2) is 66.0 Å². The number of fused-ring (bicyclic) bond motifs is 1. The van der Waals surface area contributed by atoms with E-state index in [1.54, 1.807) is 0 Å². The lowest BCUT2D eigenvalue weighted by atomic mass is 9.85. The fourth-order valence-corrected chi connectivity index (χ4v) is 6.39. The molecule has 2 heterocycles. The number of Topliss-reactive ketones (excluding diaryl/α,β-unsaturated/α-hetero) is 1. The highest BCUT2D eigenvalue weighted by atomic mass is 32.1. The van der Waals surface area contributed by atoms with E-state index in [0.29, 0.717) is 55.6 Å². The Labute approximate surface area is 262 Å². The molecule has 0 spiro atoms. The number of nitrogens with two attached hydrogens (primary N) is 1. The van der Waals surface area contributed by atoms with E-state index in [1.807, 2.05) is 68.4 Å². The van der Waals surface area contributed by atoms with Gasteiger partial charge >= 0.3 is 6.09 Å². The van der Waals surface area contributed by atoms with E-state index in [1.165, 1.54) is 11.3 Å². The average molecular weight is 622 g/mol. The molecule has 0 bridgehead atoms. The Bertz CT molecular complexity index is 1390. The third-order valence-corrected chi connectivity index (χ3v) is 8.68. The summed E-state index contributed by atoms with van der Waals surface area (Å²) < 4.78 is 7.00. The Morgan fingerprint density at radius 2 is 1.75 bits per heavy atom. The molecule has 0 aliphatic carbocycles. The first-order valence-corrected chi connectivity index (χ1v) is 16.0. The molecule has 11 nitrogen and oxygen atoms in total. The van der Waals surface area contributed by atoms with Gasteiger partial charge < -0.3 is 31.7 Å². The number of hydrogen-bond donors (Lipinski definition) is 6. The van der Waals surface area contributed by atoms with Gasteiger partial charge in [0.05, 0.1) is 16.3 Å². The van der Waals surface area contributed by atoms with Crippen LogP contribution in [0.4, 0.5) is 4.79 Å². The Morgan fingerprint density at radius 1 is 1.05 bits per heavy atom. The molecule has 2 amide bonds. The summed E-state index contributed by atoms with van der Waals surface area (Å²) >= 11 is 1.28. The first-order chi connectivity index (χ1) is 21.1. The van der Waals surface area contributed by atoms with Crippen LogP contribution in [0.2, 0.25) is 0 Å². The molecule has 2 atom stereocenters. The summed E-state index contributed by atoms with van der Waals surface area (Å²) in [6.07, 6.45) is 2.38. The highest BCUT2D eigenvalue weighted by Gasteiger charge is 2.37. The summed E-state index contributed by atoms with van der Waals surface area (Å²) in [5.74, 6) is -0.843. The van der Waals surface area contributed by atoms with Gasteiger partial charge in [0.15, 0.2) is 11.0 Å². The van der Waals surface area contributed by atoms with Crippen molar-refractivity contribution >= 4 is 45.3 Å². The number of rotatable bonds is 14. The quantitative estimate of drug-likeness (QED) is 0.0684. The van der Waals surface area contributed by atoms with Crippen LogP contribution in [0.25, 0.3) is 10.2 Å². The van der Waals surface area contributed by atoms with Gasteiger partial charge in [-0.25, -0.2) is 9.78 Å². The summed E-state index contributed by atoms with van der Waals surface area (Å²) in [5, 5.41) is 19.5. The summed E-state index contributed by atoms with van der Waals surface area (Å²) in [6.45, 7) is 5.75. The molecule has 1 aromatic heterocycles. The molecule has 1 fully saturated rings. The van der Waals surface area contributed by atoms with Gasteiger partial charge in [-0.15, -0.1) is 11.3 Å². The van der Waals surface area contributed by atoms with Crippen LogP contribution in [0, 0.1) is 11.3 Å². The number of ketones is 1. The van der Waals surface area contributed by atoms with E-state index < -0.39 is 29.7 Å². The Hall–Kier alpha value is -4.03. The van der Waals surface area contributed by atoms with Crippen LogP contribution in [-0.2, 0) is 16.0 Å². The zero-order valence-electron chi connectivity index (χ0n) is 25.4. The van der Waals surface area contributed by atoms with Crippen LogP contribution >= 0.6 is 11.3 Å². The van der Waals surface area contributed by atoms with Crippen molar-refractivity contribution < 1.29 is 19.1 Å². The average Bonchev–Trinajstić information content (AvgIpc) is 3.43. The van der Waals surface area contributed by atoms with Crippen molar-refractivity contribution in [3.05, 3.63) is 65.2 Å². The largest absolute Gasteiger partial charge is 0.442 e. The lowest BCUT2D eigenvalue weighted by Crippen LogP contribution is -2.54. The molecule has 236 valence electrons. The number of carbonyl (C=O) groups excluding carboxylic acids is 3. The van der Waals surface area contributed by atoms with Gasteiger partial charge in [0, 0.05) is 25.8 Å². The molecule has 1 aliphatic rings. The number of piperidine rings is 1. The molecule has 0 unspecified atom stereocenters. The monoisotopic (exact) mass is 621 g/mol. The fourth-order valence-electron chi connectivity index (χ4n) is 5.43. The maximum Gasteiger partial charge on any atom is 0.408 e. The fraction of sp³-hybridized carbons (Fsp3) is 0.469. The molecular formula is C32H43N7O4S. The lowest BCUT2D eigenvalue weighted by Gasteiger charge is -2.37. The topological polar surface area (TPSA) is 171 Å². The number of nitrogens with one attached hydrogen (secondary N) is 5. The van der Waals surface area contributed by atoms with Gasteiger partial charge in [-0.3, -0.25) is 15.0 Å². The smallest absolute Gasteiger partial charge is 0.408 e. The predicted octanol–water partition coefficient (Wildman–Crippen LogP) is 3.73. The molecule has 1 saturated heterocycles. The van der Waals surface area contributed by atoms with Gasteiger partial charge in [0.25, 0.3) is 0 Å². The second-order valence-corrected chi connectivity index (χ2v) is 12.7. The predicted molar refractivity (Wildman–Crippen MR) is 173 cm³/mol. The zero-order valence-corrected chi connectivity index (χ0v) is 26.2. The Kier molecular flexibility index (Phi) is 11.7. The van der Waals surface area contributed by atoms with Crippen molar-refractivity contribution in [1.82, 2.24) is 26.3 Å². The van der Waals surface area contributed by atoms with Crippen LogP contribution in [0.3, 0.4) is 0 Å². The third kappa shape index (κ3) is 9.48. The molecule has 1 aliphatic heterocycles. The molecule has 0 radical (unpaired) electrons. The number of carbonyl (C=O) groups is 3. The number of benzene rings is 2. The van der Waals surface area contributed by atoms with Gasteiger partial charge in [-0.2, -0.15) is 0 Å². The van der Waals surface area contributed by atoms with Crippen molar-refractivity contribution in [2.24, 2.45) is 11.7 Å². The molecule has 4 rings (SSSR count). The normalized spacial score (nSPS) is 15.7. The maximum absolute atomic E-state index is 13.7. The highest BCUT2D eigenvalue weighted by Crippen LogP contribution is 2.28. The van der Waals surface area contributed by atoms with Crippen molar-refractivity contribution in [2.75, 3.05) is 19.6 Å². The SMILES string of the molecule is CC(C)C[C@H](NC(=O)OC1(Cc2ccccc2)CCNCC1)C(=O)N[C@@H](CCCNC(=N)N)C(=O)c1nc2ccccc2s1. The Balaban J connectivity index is 1.48. The minimum absolute atomic E-state index is 0.0846. The van der Waals surface area contributed by atoms with Gasteiger partial charge in [-0.05, 0) is 56.0 Å². The first kappa shape index (κ1) is 32.9. The van der Waals surface area contributed by atoms with Gasteiger partial charge in [0.1, 0.15) is 11.6 Å². The number of alkyl carbamates (subject to hydrolysis) is 1. The number of guanidine groups is 1. The highest BCUT2D eigenvalue weighted by molar-refractivity contribution is 7.20. The zero-order chi connectivity index (χ0) is 31.5. The lowest BCUT2D eigenvalue weighted by molar-refractivity contribution is -0.124. The minimum atomic E-state index is -0.904. The number of thiazole rings is 1. The van der Waals surface area contributed by atoms with Crippen LogP contribution in [0.5, 0.6) is 0 Å². The van der Waals surface area contributed by atoms with Gasteiger partial charge in [-0.1, -0.05) is 56.3 Å². The van der Waals surface area contributed by atoms with Crippen molar-refractivity contribution in [2.45, 2.75) is 70.1 Å². The van der Waals surface area contributed by atoms with Gasteiger partial charge in [0.2, 0.25) is 11.7 Å². The molecule has 12 heteroatoms. The molecular weight excluding hydrogens is 578 g/mol. The second-order valence-electron chi connectivity index (χ2n) is 11.7. The standard InChI is InChI=1S/C32H43N7O4S/c1-21(2)19-25(39-31(42)43-32(14-17-35-18-15-32)20-22-9-4-3-5-10-22)28(41)37-24(12-8-16-36-30(33)34)27(40)29-38-23-11-6-7-13-26(23)44-29/h3-7,9-11,13,21,24-25,35H,8,12,14-20H2,1-2H3,(H,37,41)(H,39,42)(H4,33,34,36)/t24-,25-/m0/s1. The van der Waals surface area contributed by atoms with E-state index in [9.17, 15) is 14.4 Å². The summed E-state index contributed by atoms with van der Waals surface area (Å²) in [5.41, 5.74) is 6.51. The van der Waals surface area contributed by atoms with E-state index >= 15 is 0 Å². The number of para-hydroxylation sites is 1. The molecule has 2 aromatic carbocycles. The van der Waals surface area contributed by atoms with Crippen molar-refractivity contribution in [1.29, 1.82) is 5.41 Å².